The summed E-state index contributed by atoms with van der Waals surface area (Å²) in [5.41, 5.74) is 2.07. The van der Waals surface area contributed by atoms with Crippen LogP contribution in [0.4, 0.5) is 0 Å². The fourth-order valence-electron chi connectivity index (χ4n) is 2.28. The smallest absolute Gasteiger partial charge is 0.354 e. The second-order valence-electron chi connectivity index (χ2n) is 5.64. The topological polar surface area (TPSA) is 64.6 Å². The van der Waals surface area contributed by atoms with E-state index in [0.717, 1.165) is 17.7 Å². The van der Waals surface area contributed by atoms with Gasteiger partial charge in [0.25, 0.3) is 0 Å². The van der Waals surface area contributed by atoms with Gasteiger partial charge in [0.05, 0.1) is 0 Å². The normalized spacial score (nSPS) is 10.9. The minimum absolute atomic E-state index is 0.0842. The fourth-order valence-corrected chi connectivity index (χ4v) is 2.28. The molecule has 5 nitrogen and oxygen atoms in total. The van der Waals surface area contributed by atoms with Gasteiger partial charge in [0.15, 0.2) is 0 Å². The van der Waals surface area contributed by atoms with E-state index < -0.39 is 5.97 Å². The average molecular weight is 353 g/mol. The van der Waals surface area contributed by atoms with E-state index in [-0.39, 0.29) is 24.8 Å². The third-order valence-electron chi connectivity index (χ3n) is 3.53. The Kier molecular flexibility index (Phi) is 7.43. The fraction of sp³-hybridized carbons (Fsp3) is 0.238. The Morgan fingerprint density at radius 3 is 2.50 bits per heavy atom. The number of esters is 1. The lowest BCUT2D eigenvalue weighted by molar-refractivity contribution is -0.141. The van der Waals surface area contributed by atoms with Crippen LogP contribution in [0.3, 0.4) is 0 Å². The summed E-state index contributed by atoms with van der Waals surface area (Å²) in [4.78, 5) is 23.6. The van der Waals surface area contributed by atoms with Gasteiger partial charge in [-0.2, -0.15) is 0 Å². The third kappa shape index (κ3) is 6.43. The van der Waals surface area contributed by atoms with Gasteiger partial charge in [0.1, 0.15) is 24.7 Å². The molecule has 0 aliphatic heterocycles. The molecule has 0 bridgehead atoms. The Balaban J connectivity index is 1.90. The third-order valence-corrected chi connectivity index (χ3v) is 3.53. The lowest BCUT2D eigenvalue weighted by Gasteiger charge is -2.10. The van der Waals surface area contributed by atoms with Crippen LogP contribution < -0.4 is 10.1 Å². The number of rotatable bonds is 8. The van der Waals surface area contributed by atoms with Gasteiger partial charge in [-0.25, -0.2) is 4.79 Å². The number of hydrogen-bond acceptors (Lipinski definition) is 4. The number of aryl methyl sites for hydroxylation is 1. The lowest BCUT2D eigenvalue weighted by atomic mass is 10.2. The standard InChI is InChI=1S/C21H23NO4/c1-3-17-10-7-11-19(14-17)25-12-13-26-21(24)20(22-16(2)23)15-18-8-5-4-6-9-18/h4-11,14-15H,3,12-13H2,1-2H3,(H,22,23)/b20-15+. The first-order valence-electron chi connectivity index (χ1n) is 8.51. The van der Waals surface area contributed by atoms with Gasteiger partial charge in [-0.05, 0) is 35.8 Å². The number of benzene rings is 2. The molecule has 2 rings (SSSR count). The SMILES string of the molecule is CCc1cccc(OCCOC(=O)/C(=C\c2ccccc2)NC(C)=O)c1. The second kappa shape index (κ2) is 10.0. The second-order valence-corrected chi connectivity index (χ2v) is 5.64. The molecule has 0 saturated carbocycles. The van der Waals surface area contributed by atoms with Gasteiger partial charge in [-0.1, -0.05) is 49.4 Å². The van der Waals surface area contributed by atoms with Crippen molar-refractivity contribution in [1.29, 1.82) is 0 Å². The van der Waals surface area contributed by atoms with Crippen LogP contribution in [0.1, 0.15) is 25.0 Å². The molecule has 0 aliphatic rings. The molecule has 2 aromatic carbocycles. The zero-order valence-corrected chi connectivity index (χ0v) is 15.0. The van der Waals surface area contributed by atoms with Crippen molar-refractivity contribution in [1.82, 2.24) is 5.32 Å². The van der Waals surface area contributed by atoms with Gasteiger partial charge in [-0.15, -0.1) is 0 Å². The number of ether oxygens (including phenoxy) is 2. The molecule has 26 heavy (non-hydrogen) atoms. The molecule has 0 fully saturated rings. The largest absolute Gasteiger partial charge is 0.490 e. The monoisotopic (exact) mass is 353 g/mol. The van der Waals surface area contributed by atoms with Gasteiger partial charge >= 0.3 is 5.97 Å². The quantitative estimate of drug-likeness (QED) is 0.449. The molecule has 0 heterocycles. The van der Waals surface area contributed by atoms with E-state index in [9.17, 15) is 9.59 Å². The maximum atomic E-state index is 12.2. The van der Waals surface area contributed by atoms with Gasteiger partial charge in [0, 0.05) is 6.92 Å². The van der Waals surface area contributed by atoms with Gasteiger partial charge in [-0.3, -0.25) is 4.79 Å². The highest BCUT2D eigenvalue weighted by molar-refractivity contribution is 5.97. The first-order chi connectivity index (χ1) is 12.6. The minimum atomic E-state index is -0.602. The van der Waals surface area contributed by atoms with Crippen LogP contribution in [-0.4, -0.2) is 25.1 Å². The van der Waals surface area contributed by atoms with Crippen molar-refractivity contribution < 1.29 is 19.1 Å². The molecule has 2 aromatic rings. The molecule has 0 unspecified atom stereocenters. The van der Waals surface area contributed by atoms with E-state index >= 15 is 0 Å². The molecule has 0 aromatic heterocycles. The highest BCUT2D eigenvalue weighted by Crippen LogP contribution is 2.13. The van der Waals surface area contributed by atoms with Gasteiger partial charge in [0.2, 0.25) is 5.91 Å². The summed E-state index contributed by atoms with van der Waals surface area (Å²) in [5.74, 6) is -0.200. The first-order valence-corrected chi connectivity index (χ1v) is 8.51. The van der Waals surface area contributed by atoms with Crippen molar-refractivity contribution in [2.75, 3.05) is 13.2 Å². The van der Waals surface area contributed by atoms with Crippen LogP contribution in [0.5, 0.6) is 5.75 Å². The Morgan fingerprint density at radius 1 is 1.04 bits per heavy atom. The maximum absolute atomic E-state index is 12.2. The van der Waals surface area contributed by atoms with Crippen molar-refractivity contribution in [2.24, 2.45) is 0 Å². The number of amides is 1. The van der Waals surface area contributed by atoms with Crippen LogP contribution in [0.25, 0.3) is 6.08 Å². The Hall–Kier alpha value is -3.08. The summed E-state index contributed by atoms with van der Waals surface area (Å²) in [6.45, 7) is 3.73. The Morgan fingerprint density at radius 2 is 1.81 bits per heavy atom. The van der Waals surface area contributed by atoms with Crippen molar-refractivity contribution in [3.63, 3.8) is 0 Å². The van der Waals surface area contributed by atoms with Crippen LogP contribution >= 0.6 is 0 Å². The molecular weight excluding hydrogens is 330 g/mol. The van der Waals surface area contributed by atoms with Crippen LogP contribution in [-0.2, 0) is 20.7 Å². The Bertz CT molecular complexity index is 769. The molecule has 1 N–H and O–H groups in total. The zero-order chi connectivity index (χ0) is 18.8. The van der Waals surface area contributed by atoms with Crippen LogP contribution in [0.2, 0.25) is 0 Å². The highest BCUT2D eigenvalue weighted by atomic mass is 16.6. The molecule has 0 aliphatic carbocycles. The molecule has 1 amide bonds. The summed E-state index contributed by atoms with van der Waals surface area (Å²) in [5, 5.41) is 2.51. The number of nitrogens with one attached hydrogen (secondary N) is 1. The van der Waals surface area contributed by atoms with Crippen molar-refractivity contribution >= 4 is 18.0 Å². The van der Waals surface area contributed by atoms with Gasteiger partial charge < -0.3 is 14.8 Å². The molecule has 136 valence electrons. The molecule has 5 heteroatoms. The van der Waals surface area contributed by atoms with Crippen LogP contribution in [0.15, 0.2) is 60.3 Å². The molecule has 0 atom stereocenters. The molecular formula is C21H23NO4. The summed E-state index contributed by atoms with van der Waals surface area (Å²) >= 11 is 0. The van der Waals surface area contributed by atoms with E-state index in [4.69, 9.17) is 9.47 Å². The van der Waals surface area contributed by atoms with Crippen molar-refractivity contribution in [3.05, 3.63) is 71.4 Å². The highest BCUT2D eigenvalue weighted by Gasteiger charge is 2.13. The minimum Gasteiger partial charge on any atom is -0.490 e. The Labute approximate surface area is 153 Å². The zero-order valence-electron chi connectivity index (χ0n) is 15.0. The first kappa shape index (κ1) is 19.2. The van der Waals surface area contributed by atoms with E-state index in [1.54, 1.807) is 6.08 Å². The molecule has 0 spiro atoms. The summed E-state index contributed by atoms with van der Waals surface area (Å²) in [7, 11) is 0. The predicted molar refractivity (Wildman–Crippen MR) is 101 cm³/mol. The number of carbonyl (C=O) groups is 2. The van der Waals surface area contributed by atoms with E-state index in [0.29, 0.717) is 0 Å². The van der Waals surface area contributed by atoms with Crippen molar-refractivity contribution in [2.45, 2.75) is 20.3 Å². The molecule has 0 radical (unpaired) electrons. The van der Waals surface area contributed by atoms with E-state index in [1.165, 1.54) is 12.5 Å². The van der Waals surface area contributed by atoms with Crippen molar-refractivity contribution in [3.8, 4) is 5.75 Å². The molecule has 0 saturated heterocycles. The predicted octanol–water partition coefficient (Wildman–Crippen LogP) is 3.35. The lowest BCUT2D eigenvalue weighted by Crippen LogP contribution is -2.27. The number of hydrogen-bond donors (Lipinski definition) is 1. The summed E-state index contributed by atoms with van der Waals surface area (Å²) < 4.78 is 10.8. The average Bonchev–Trinajstić information content (AvgIpc) is 2.65. The maximum Gasteiger partial charge on any atom is 0.354 e. The number of carbonyl (C=O) groups excluding carboxylic acids is 2. The summed E-state index contributed by atoms with van der Waals surface area (Å²) in [6.07, 6.45) is 2.51. The van der Waals surface area contributed by atoms with Crippen LogP contribution in [0, 0.1) is 0 Å². The van der Waals surface area contributed by atoms with E-state index in [1.807, 2.05) is 54.6 Å². The van der Waals surface area contributed by atoms with E-state index in [2.05, 4.69) is 12.2 Å². The summed E-state index contributed by atoms with van der Waals surface area (Å²) in [6, 6.07) is 17.0.